The number of hydrogen-bond acceptors (Lipinski definition) is 4. The molecular formula is C10H11N3O2. The molecule has 2 heterocycles. The molecule has 2 aromatic rings. The van der Waals surface area contributed by atoms with Crippen molar-refractivity contribution < 1.29 is 9.53 Å². The van der Waals surface area contributed by atoms with Gasteiger partial charge in [0.2, 0.25) is 0 Å². The summed E-state index contributed by atoms with van der Waals surface area (Å²) >= 11 is 0. The zero-order valence-corrected chi connectivity index (χ0v) is 8.60. The first-order chi connectivity index (χ1) is 7.31. The van der Waals surface area contributed by atoms with Gasteiger partial charge in [-0.25, -0.2) is 9.97 Å². The number of aldehydes is 1. The summed E-state index contributed by atoms with van der Waals surface area (Å²) in [5.74, 6) is 1.01. The minimum Gasteiger partial charge on any atom is -0.494 e. The SMILES string of the molecule is CCn1c(C=O)nc2c(OC)ccnc21. The lowest BCUT2D eigenvalue weighted by Crippen LogP contribution is -2.00. The summed E-state index contributed by atoms with van der Waals surface area (Å²) in [6, 6.07) is 1.73. The number of aromatic nitrogens is 3. The highest BCUT2D eigenvalue weighted by atomic mass is 16.5. The number of ether oxygens (including phenoxy) is 1. The molecule has 0 aliphatic rings. The van der Waals surface area contributed by atoms with E-state index in [1.165, 1.54) is 0 Å². The van der Waals surface area contributed by atoms with Gasteiger partial charge in [0.05, 0.1) is 7.11 Å². The van der Waals surface area contributed by atoms with E-state index in [1.54, 1.807) is 23.9 Å². The third-order valence-electron chi connectivity index (χ3n) is 2.27. The second-order valence-electron chi connectivity index (χ2n) is 3.02. The van der Waals surface area contributed by atoms with Crippen molar-refractivity contribution in [1.29, 1.82) is 0 Å². The fourth-order valence-corrected chi connectivity index (χ4v) is 1.58. The van der Waals surface area contributed by atoms with E-state index in [9.17, 15) is 4.79 Å². The Balaban J connectivity index is 2.80. The van der Waals surface area contributed by atoms with Crippen molar-refractivity contribution in [3.63, 3.8) is 0 Å². The van der Waals surface area contributed by atoms with Gasteiger partial charge in [0.15, 0.2) is 23.3 Å². The van der Waals surface area contributed by atoms with Gasteiger partial charge >= 0.3 is 0 Å². The number of fused-ring (bicyclic) bond motifs is 1. The third-order valence-corrected chi connectivity index (χ3v) is 2.27. The summed E-state index contributed by atoms with van der Waals surface area (Å²) in [7, 11) is 1.57. The van der Waals surface area contributed by atoms with Crippen LogP contribution in [0.2, 0.25) is 0 Å². The van der Waals surface area contributed by atoms with Gasteiger partial charge in [-0.2, -0.15) is 0 Å². The number of aryl methyl sites for hydroxylation is 1. The molecule has 0 aromatic carbocycles. The Morgan fingerprint density at radius 2 is 2.40 bits per heavy atom. The van der Waals surface area contributed by atoms with Crippen molar-refractivity contribution in [2.24, 2.45) is 0 Å². The molecule has 5 nitrogen and oxygen atoms in total. The first-order valence-corrected chi connectivity index (χ1v) is 4.66. The van der Waals surface area contributed by atoms with E-state index in [-0.39, 0.29) is 0 Å². The Hall–Kier alpha value is -1.91. The third kappa shape index (κ3) is 1.36. The predicted octanol–water partition coefficient (Wildman–Crippen LogP) is 1.27. The van der Waals surface area contributed by atoms with Gasteiger partial charge in [-0.15, -0.1) is 0 Å². The molecule has 78 valence electrons. The minimum absolute atomic E-state index is 0.379. The van der Waals surface area contributed by atoms with Gasteiger partial charge in [-0.05, 0) is 6.92 Å². The van der Waals surface area contributed by atoms with Crippen molar-refractivity contribution in [2.75, 3.05) is 7.11 Å². The largest absolute Gasteiger partial charge is 0.494 e. The first kappa shape index (κ1) is 9.64. The average molecular weight is 205 g/mol. The smallest absolute Gasteiger partial charge is 0.185 e. The average Bonchev–Trinajstić information content (AvgIpc) is 2.66. The number of pyridine rings is 1. The molecule has 0 aliphatic carbocycles. The fourth-order valence-electron chi connectivity index (χ4n) is 1.58. The van der Waals surface area contributed by atoms with Crippen LogP contribution in [0.5, 0.6) is 5.75 Å². The Kier molecular flexibility index (Phi) is 2.37. The molecule has 0 amide bonds. The molecule has 0 aliphatic heterocycles. The molecule has 0 spiro atoms. The maximum absolute atomic E-state index is 10.8. The van der Waals surface area contributed by atoms with Crippen molar-refractivity contribution in [3.05, 3.63) is 18.1 Å². The Bertz CT molecular complexity index is 505. The van der Waals surface area contributed by atoms with Gasteiger partial charge < -0.3 is 9.30 Å². The van der Waals surface area contributed by atoms with Crippen LogP contribution < -0.4 is 4.74 Å². The first-order valence-electron chi connectivity index (χ1n) is 4.66. The van der Waals surface area contributed by atoms with E-state index < -0.39 is 0 Å². The Morgan fingerprint density at radius 1 is 1.60 bits per heavy atom. The number of carbonyl (C=O) groups excluding carboxylic acids is 1. The van der Waals surface area contributed by atoms with Crippen LogP contribution in [0.25, 0.3) is 11.2 Å². The standard InChI is InChI=1S/C10H11N3O2/c1-3-13-8(6-14)12-9-7(15-2)4-5-11-10(9)13/h4-6H,3H2,1-2H3. The highest BCUT2D eigenvalue weighted by Crippen LogP contribution is 2.23. The summed E-state index contributed by atoms with van der Waals surface area (Å²) in [6.45, 7) is 2.60. The fraction of sp³-hybridized carbons (Fsp3) is 0.300. The maximum Gasteiger partial charge on any atom is 0.185 e. The van der Waals surface area contributed by atoms with E-state index in [1.807, 2.05) is 6.92 Å². The van der Waals surface area contributed by atoms with Crippen LogP contribution in [0.4, 0.5) is 0 Å². The minimum atomic E-state index is 0.379. The van der Waals surface area contributed by atoms with Gasteiger partial charge in [0, 0.05) is 18.8 Å². The van der Waals surface area contributed by atoms with E-state index in [2.05, 4.69) is 9.97 Å². The molecule has 0 radical (unpaired) electrons. The van der Waals surface area contributed by atoms with Crippen molar-refractivity contribution >= 4 is 17.5 Å². The van der Waals surface area contributed by atoms with E-state index >= 15 is 0 Å². The topological polar surface area (TPSA) is 57.0 Å². The molecule has 2 rings (SSSR count). The molecule has 0 unspecified atom stereocenters. The lowest BCUT2D eigenvalue weighted by Gasteiger charge is -2.01. The summed E-state index contributed by atoms with van der Waals surface area (Å²) < 4.78 is 6.91. The Morgan fingerprint density at radius 3 is 3.00 bits per heavy atom. The van der Waals surface area contributed by atoms with E-state index in [4.69, 9.17) is 4.74 Å². The number of rotatable bonds is 3. The molecule has 0 fully saturated rings. The summed E-state index contributed by atoms with van der Waals surface area (Å²) in [6.07, 6.45) is 2.37. The Labute approximate surface area is 86.7 Å². The highest BCUT2D eigenvalue weighted by Gasteiger charge is 2.13. The van der Waals surface area contributed by atoms with Crippen molar-refractivity contribution in [2.45, 2.75) is 13.5 Å². The van der Waals surface area contributed by atoms with E-state index in [0.717, 1.165) is 6.29 Å². The monoisotopic (exact) mass is 205 g/mol. The quantitative estimate of drug-likeness (QED) is 0.708. The molecule has 0 bridgehead atoms. The van der Waals surface area contributed by atoms with Crippen LogP contribution in [0, 0.1) is 0 Å². The van der Waals surface area contributed by atoms with Gasteiger partial charge in [-0.1, -0.05) is 0 Å². The molecule has 0 saturated heterocycles. The number of carbonyl (C=O) groups is 1. The zero-order chi connectivity index (χ0) is 10.8. The van der Waals surface area contributed by atoms with Crippen molar-refractivity contribution in [3.8, 4) is 5.75 Å². The lowest BCUT2D eigenvalue weighted by molar-refractivity contribution is 0.111. The van der Waals surface area contributed by atoms with Crippen LogP contribution in [-0.2, 0) is 6.54 Å². The van der Waals surface area contributed by atoms with Gasteiger partial charge in [0.1, 0.15) is 5.75 Å². The van der Waals surface area contributed by atoms with Crippen LogP contribution in [0.3, 0.4) is 0 Å². The van der Waals surface area contributed by atoms with Crippen molar-refractivity contribution in [1.82, 2.24) is 14.5 Å². The zero-order valence-electron chi connectivity index (χ0n) is 8.60. The molecule has 2 aromatic heterocycles. The number of imidazole rings is 1. The van der Waals surface area contributed by atoms with Gasteiger partial charge in [-0.3, -0.25) is 4.79 Å². The summed E-state index contributed by atoms with van der Waals surface area (Å²) in [4.78, 5) is 19.2. The molecule has 5 heteroatoms. The number of methoxy groups -OCH3 is 1. The second-order valence-corrected chi connectivity index (χ2v) is 3.02. The highest BCUT2D eigenvalue weighted by molar-refractivity contribution is 5.84. The summed E-state index contributed by atoms with van der Waals surface area (Å²) in [5.41, 5.74) is 1.31. The molecule has 0 saturated carbocycles. The predicted molar refractivity (Wildman–Crippen MR) is 55.1 cm³/mol. The summed E-state index contributed by atoms with van der Waals surface area (Å²) in [5, 5.41) is 0. The maximum atomic E-state index is 10.8. The second kappa shape index (κ2) is 3.68. The number of hydrogen-bond donors (Lipinski definition) is 0. The van der Waals surface area contributed by atoms with E-state index in [0.29, 0.717) is 29.3 Å². The van der Waals surface area contributed by atoms with Crippen LogP contribution in [0.15, 0.2) is 12.3 Å². The van der Waals surface area contributed by atoms with Gasteiger partial charge in [0.25, 0.3) is 0 Å². The molecule has 0 atom stereocenters. The molecule has 0 N–H and O–H groups in total. The van der Waals surface area contributed by atoms with Crippen LogP contribution >= 0.6 is 0 Å². The van der Waals surface area contributed by atoms with Crippen LogP contribution in [-0.4, -0.2) is 27.9 Å². The molecular weight excluding hydrogens is 194 g/mol. The normalized spacial score (nSPS) is 10.5. The van der Waals surface area contributed by atoms with Crippen LogP contribution in [0.1, 0.15) is 17.5 Å². The molecule has 15 heavy (non-hydrogen) atoms. The number of nitrogens with zero attached hydrogens (tertiary/aromatic N) is 3. The lowest BCUT2D eigenvalue weighted by atomic mass is 10.4.